The Morgan fingerprint density at radius 2 is 1.32 bits per heavy atom. The molecule has 0 saturated heterocycles. The van der Waals surface area contributed by atoms with E-state index in [0.29, 0.717) is 0 Å². The van der Waals surface area contributed by atoms with E-state index in [1.165, 1.54) is 64.3 Å². The third-order valence-corrected chi connectivity index (χ3v) is 14.0. The number of hydrogen-bond donors (Lipinski definition) is 1. The number of fused-ring (bicyclic) bond motifs is 13. The first-order valence-corrected chi connectivity index (χ1v) is 22.5. The molecule has 0 unspecified atom stereocenters. The minimum absolute atomic E-state index is 0.0419. The van der Waals surface area contributed by atoms with Crippen molar-refractivity contribution in [3.8, 4) is 39.8 Å². The highest BCUT2D eigenvalue weighted by molar-refractivity contribution is 7.26. The van der Waals surface area contributed by atoms with Gasteiger partial charge in [0.05, 0.1) is 16.4 Å². The molecule has 0 fully saturated rings. The summed E-state index contributed by atoms with van der Waals surface area (Å²) in [5, 5.41) is 8.31. The van der Waals surface area contributed by atoms with Crippen molar-refractivity contribution in [2.45, 2.75) is 47.0 Å². The van der Waals surface area contributed by atoms with Crippen LogP contribution in [0.4, 0.5) is 0 Å². The van der Waals surface area contributed by atoms with Crippen LogP contribution in [0.25, 0.3) is 97.6 Å². The highest BCUT2D eigenvalue weighted by atomic mass is 32.1. The van der Waals surface area contributed by atoms with Crippen molar-refractivity contribution in [2.75, 3.05) is 0 Å². The Morgan fingerprint density at radius 3 is 2.11 bits per heavy atom. The molecule has 5 nitrogen and oxygen atoms in total. The second-order valence-electron chi connectivity index (χ2n) is 18.1. The van der Waals surface area contributed by atoms with Crippen LogP contribution in [0.15, 0.2) is 158 Å². The van der Waals surface area contributed by atoms with Crippen LogP contribution in [-0.4, -0.2) is 14.5 Å². The molecule has 0 amide bonds. The van der Waals surface area contributed by atoms with Crippen molar-refractivity contribution in [3.63, 3.8) is 0 Å². The summed E-state index contributed by atoms with van der Waals surface area (Å²) < 4.78 is 14.3. The average molecular weight is 834 g/mol. The molecule has 0 aliphatic carbocycles. The zero-order valence-corrected chi connectivity index (χ0v) is 37.0. The minimum Gasteiger partial charge on any atom is -0.457 e. The lowest BCUT2D eigenvalue weighted by Crippen LogP contribution is -2.24. The van der Waals surface area contributed by atoms with Crippen LogP contribution in [0, 0.1) is 20.8 Å². The first-order chi connectivity index (χ1) is 30.6. The molecule has 0 aliphatic rings. The Bertz CT molecular complexity index is 3820. The number of para-hydroxylation sites is 1. The van der Waals surface area contributed by atoms with Gasteiger partial charge >= 0.3 is 0 Å². The molecule has 12 rings (SSSR count). The quantitative estimate of drug-likeness (QED) is 0.139. The number of aromatic nitrogens is 4. The van der Waals surface area contributed by atoms with Gasteiger partial charge in [-0.05, 0) is 104 Å². The Labute approximate surface area is 369 Å². The van der Waals surface area contributed by atoms with E-state index in [4.69, 9.17) is 9.72 Å². The van der Waals surface area contributed by atoms with E-state index in [9.17, 15) is 0 Å². The van der Waals surface area contributed by atoms with Crippen molar-refractivity contribution < 1.29 is 9.14 Å². The molecule has 1 N–H and O–H groups in total. The smallest absolute Gasteiger partial charge is 0.293 e. The third-order valence-electron chi connectivity index (χ3n) is 12.9. The van der Waals surface area contributed by atoms with E-state index in [1.807, 2.05) is 17.5 Å². The van der Waals surface area contributed by atoms with Crippen LogP contribution < -0.4 is 9.14 Å². The maximum absolute atomic E-state index is 6.97. The molecule has 63 heavy (non-hydrogen) atoms. The fourth-order valence-electron chi connectivity index (χ4n) is 10.2. The van der Waals surface area contributed by atoms with Crippen molar-refractivity contribution in [1.29, 1.82) is 0 Å². The molecule has 5 aromatic heterocycles. The summed E-state index contributed by atoms with van der Waals surface area (Å²) in [6, 6.07) is 54.8. The summed E-state index contributed by atoms with van der Waals surface area (Å²) in [6.45, 7) is 13.4. The molecule has 5 heterocycles. The molecular weight excluding hydrogens is 789 g/mol. The molecule has 0 bridgehead atoms. The predicted octanol–water partition coefficient (Wildman–Crippen LogP) is 15.3. The summed E-state index contributed by atoms with van der Waals surface area (Å²) in [5.41, 5.74) is 14.0. The highest BCUT2D eigenvalue weighted by Gasteiger charge is 2.29. The molecule has 12 aromatic rings. The first-order valence-electron chi connectivity index (χ1n) is 21.7. The fraction of sp³-hybridized carbons (Fsp3) is 0.123. The van der Waals surface area contributed by atoms with Gasteiger partial charge in [-0.1, -0.05) is 111 Å². The Balaban J connectivity index is 1.09. The van der Waals surface area contributed by atoms with Gasteiger partial charge in [0, 0.05) is 65.1 Å². The summed E-state index contributed by atoms with van der Waals surface area (Å²) in [5.74, 6) is 2.42. The number of aromatic amines is 1. The van der Waals surface area contributed by atoms with E-state index in [1.54, 1.807) is 0 Å². The second-order valence-corrected chi connectivity index (χ2v) is 19.2. The number of imidazole rings is 1. The number of aryl methyl sites for hydroxylation is 3. The predicted molar refractivity (Wildman–Crippen MR) is 264 cm³/mol. The number of ether oxygens (including phenoxy) is 1. The second kappa shape index (κ2) is 13.9. The molecule has 0 saturated carbocycles. The van der Waals surface area contributed by atoms with Gasteiger partial charge in [-0.25, -0.2) is 9.97 Å². The van der Waals surface area contributed by atoms with Crippen LogP contribution in [0.5, 0.6) is 11.5 Å². The average Bonchev–Trinajstić information content (AvgIpc) is 3.96. The van der Waals surface area contributed by atoms with Crippen LogP contribution in [-0.2, 0) is 5.41 Å². The lowest BCUT2D eigenvalue weighted by Gasteiger charge is -2.20. The molecule has 0 radical (unpaired) electrons. The number of benzene rings is 7. The standard InChI is InChI=1S/C57H44N4OS/c1-33-28-34(2)51(35(3)29-33)53-54(36-14-8-7-9-15-36)61-46-18-12-10-16-41(46)40-22-20-38(31-45(40)56(61)59-53)62-39-21-23-42-43-24-25-49-52(44-17-11-13-19-48(44)63-49)55(43)60(47(42)32-39)50-30-37(26-27-58-50)57(4,5)6/h7-32H,1-6H3/p+1. The van der Waals surface area contributed by atoms with Crippen LogP contribution in [0.2, 0.25) is 0 Å². The largest absolute Gasteiger partial charge is 0.457 e. The fourth-order valence-corrected chi connectivity index (χ4v) is 11.3. The summed E-state index contributed by atoms with van der Waals surface area (Å²) in [6.07, 6.45) is 1.95. The maximum atomic E-state index is 6.97. The molecule has 0 spiro atoms. The van der Waals surface area contributed by atoms with Gasteiger partial charge in [0.2, 0.25) is 0 Å². The third kappa shape index (κ3) is 5.82. The summed E-state index contributed by atoms with van der Waals surface area (Å²) in [7, 11) is 0. The van der Waals surface area contributed by atoms with Gasteiger partial charge in [0.15, 0.2) is 11.4 Å². The van der Waals surface area contributed by atoms with Gasteiger partial charge in [0.25, 0.3) is 5.65 Å². The molecule has 0 atom stereocenters. The molecular formula is C57H45N4OS+. The van der Waals surface area contributed by atoms with Crippen molar-refractivity contribution in [3.05, 3.63) is 180 Å². The monoisotopic (exact) mass is 833 g/mol. The van der Waals surface area contributed by atoms with Gasteiger partial charge in [0.1, 0.15) is 22.8 Å². The van der Waals surface area contributed by atoms with Crippen LogP contribution in [0.1, 0.15) is 43.0 Å². The van der Waals surface area contributed by atoms with E-state index >= 15 is 0 Å². The zero-order chi connectivity index (χ0) is 42.7. The van der Waals surface area contributed by atoms with E-state index in [0.717, 1.165) is 67.1 Å². The zero-order valence-electron chi connectivity index (χ0n) is 36.2. The Kier molecular flexibility index (Phi) is 8.25. The number of nitrogens with zero attached hydrogens (tertiary/aromatic N) is 3. The van der Waals surface area contributed by atoms with Crippen molar-refractivity contribution in [1.82, 2.24) is 14.5 Å². The van der Waals surface area contributed by atoms with Crippen LogP contribution in [0.3, 0.4) is 0 Å². The number of pyridine rings is 2. The molecule has 7 aromatic carbocycles. The van der Waals surface area contributed by atoms with E-state index in [-0.39, 0.29) is 5.41 Å². The SMILES string of the molecule is Cc1cc(C)c(-c2[nH]c3c4cc(Oc5ccc6c7ccc8sc9ccccc9c8c7n(-c7cc(C(C)(C)C)ccn7)c6c5)ccc4c4ccccc4[n+]3c2-c2ccccc2)c(C)c1. The van der Waals surface area contributed by atoms with Gasteiger partial charge in [-0.2, -0.15) is 4.40 Å². The Morgan fingerprint density at radius 1 is 0.619 bits per heavy atom. The lowest BCUT2D eigenvalue weighted by atomic mass is 9.88. The Hall–Kier alpha value is -7.28. The van der Waals surface area contributed by atoms with Crippen molar-refractivity contribution in [2.24, 2.45) is 0 Å². The van der Waals surface area contributed by atoms with Gasteiger partial charge in [-0.3, -0.25) is 4.57 Å². The topological polar surface area (TPSA) is 46.9 Å². The van der Waals surface area contributed by atoms with Gasteiger partial charge < -0.3 is 4.74 Å². The number of thiophene rings is 1. The van der Waals surface area contributed by atoms with Crippen molar-refractivity contribution >= 4 is 80.6 Å². The summed E-state index contributed by atoms with van der Waals surface area (Å²) in [4.78, 5) is 9.07. The highest BCUT2D eigenvalue weighted by Crippen LogP contribution is 2.45. The number of H-pyrrole nitrogens is 1. The minimum atomic E-state index is -0.0419. The number of rotatable bonds is 5. The van der Waals surface area contributed by atoms with E-state index in [2.05, 4.69) is 207 Å². The van der Waals surface area contributed by atoms with E-state index < -0.39 is 0 Å². The molecule has 0 aliphatic heterocycles. The number of nitrogens with one attached hydrogen (secondary N) is 1. The first kappa shape index (κ1) is 37.5. The van der Waals surface area contributed by atoms with Gasteiger partial charge in [-0.15, -0.1) is 11.3 Å². The summed E-state index contributed by atoms with van der Waals surface area (Å²) >= 11 is 1.84. The normalized spacial score (nSPS) is 12.3. The molecule has 6 heteroatoms. The maximum Gasteiger partial charge on any atom is 0.293 e. The number of hydrogen-bond acceptors (Lipinski definition) is 3. The lowest BCUT2D eigenvalue weighted by molar-refractivity contribution is -0.465. The van der Waals surface area contributed by atoms with Crippen LogP contribution >= 0.6 is 11.3 Å². The molecule has 304 valence electrons.